The molecule has 0 heterocycles. The van der Waals surface area contributed by atoms with Gasteiger partial charge in [0.15, 0.2) is 0 Å². The number of nitriles is 1. The minimum atomic E-state index is -0.449. The van der Waals surface area contributed by atoms with Gasteiger partial charge in [-0.3, -0.25) is 0 Å². The van der Waals surface area contributed by atoms with Gasteiger partial charge >= 0.3 is 18.9 Å². The summed E-state index contributed by atoms with van der Waals surface area (Å²) >= 11 is 0. The molecule has 0 fully saturated rings. The molecule has 44 valence electrons. The van der Waals surface area contributed by atoms with Crippen LogP contribution >= 0.6 is 0 Å². The van der Waals surface area contributed by atoms with Crippen LogP contribution in [0.4, 0.5) is 0 Å². The zero-order valence-electron chi connectivity index (χ0n) is 10.5. The van der Waals surface area contributed by atoms with Crippen LogP contribution in [0.5, 0.6) is 0 Å². The Hall–Kier alpha value is -0.823. The van der Waals surface area contributed by atoms with Gasteiger partial charge in [0.2, 0.25) is 0 Å². The largest absolute Gasteiger partial charge is 1.00 e. The summed E-state index contributed by atoms with van der Waals surface area (Å²) in [6.45, 7) is 0. The van der Waals surface area contributed by atoms with E-state index in [0.717, 1.165) is 6.42 Å². The van der Waals surface area contributed by atoms with E-state index in [9.17, 15) is 0 Å². The molecule has 0 amide bonds. The second kappa shape index (κ2) is 5.00. The van der Waals surface area contributed by atoms with Crippen LogP contribution in [0.3, 0.4) is 0 Å². The Morgan fingerprint density at radius 3 is 2.50 bits per heavy atom. The number of benzene rings is 1. The van der Waals surface area contributed by atoms with Gasteiger partial charge in [0.1, 0.15) is 0 Å². The maximum atomic E-state index is 8.38. The van der Waals surface area contributed by atoms with E-state index in [1.807, 2.05) is 0 Å². The summed E-state index contributed by atoms with van der Waals surface area (Å²) in [6.07, 6.45) is 0.945. The molecule has 1 aromatic rings. The van der Waals surface area contributed by atoms with Gasteiger partial charge in [-0.25, -0.2) is 5.26 Å². The Kier molecular flexibility index (Phi) is 1.77. The molecule has 0 saturated heterocycles. The van der Waals surface area contributed by atoms with E-state index in [2.05, 4.69) is 0 Å². The van der Waals surface area contributed by atoms with Crippen molar-refractivity contribution in [3.8, 4) is 6.07 Å². The Morgan fingerprint density at radius 1 is 1.40 bits per heavy atom. The first kappa shape index (κ1) is 3.53. The Labute approximate surface area is 79.9 Å². The molecule has 0 N–H and O–H groups in total. The van der Waals surface area contributed by atoms with Crippen LogP contribution in [0.2, 0.25) is 0 Å². The zero-order valence-corrected chi connectivity index (χ0v) is 5.52. The van der Waals surface area contributed by atoms with Crippen LogP contribution in [0, 0.1) is 17.8 Å². The van der Waals surface area contributed by atoms with Crippen molar-refractivity contribution in [2.75, 3.05) is 0 Å². The summed E-state index contributed by atoms with van der Waals surface area (Å²) in [4.78, 5) is 0. The van der Waals surface area contributed by atoms with Gasteiger partial charge in [0.25, 0.3) is 0 Å². The summed E-state index contributed by atoms with van der Waals surface area (Å²) < 4.78 is 36.6. The van der Waals surface area contributed by atoms with Gasteiger partial charge in [-0.15, -0.1) is 12.1 Å². The second-order valence-electron chi connectivity index (χ2n) is 1.31. The van der Waals surface area contributed by atoms with E-state index < -0.39 is 18.1 Å². The smallest absolute Gasteiger partial charge is 0.208 e. The van der Waals surface area contributed by atoms with Gasteiger partial charge in [-0.1, -0.05) is 12.5 Å². The number of hydrogen-bond acceptors (Lipinski definition) is 1. The third-order valence-corrected chi connectivity index (χ3v) is 0.728. The predicted molar refractivity (Wildman–Crippen MR) is 35.5 cm³/mol. The van der Waals surface area contributed by atoms with Gasteiger partial charge in [0, 0.05) is 8.81 Å². The van der Waals surface area contributed by atoms with Crippen LogP contribution in [-0.2, 0) is 0 Å². The fraction of sp³-hybridized carbons (Fsp3) is 0. The molecule has 0 saturated carbocycles. The summed E-state index contributed by atoms with van der Waals surface area (Å²) in [5.74, 6) is 0. The molecular formula is C8H6LiN. The normalized spacial score (nSPS) is 14.1. The minimum absolute atomic E-state index is 0. The van der Waals surface area contributed by atoms with E-state index >= 15 is 0 Å². The molecule has 10 heavy (non-hydrogen) atoms. The first-order chi connectivity index (χ1) is 6.50. The standard InChI is InChI=1S/C8H6N.Li/c9-7-6-8-4-2-1-3-5-8;/h1-6H;/q-1;+1/i1D,2D,3D,4D,5D;. The summed E-state index contributed by atoms with van der Waals surface area (Å²) in [5, 5.41) is 8.38. The van der Waals surface area contributed by atoms with Gasteiger partial charge in [-0.05, 0) is 2.74 Å². The minimum Gasteiger partial charge on any atom is -0.208 e. The molecule has 1 rings (SSSR count). The van der Waals surface area contributed by atoms with Crippen molar-refractivity contribution in [2.24, 2.45) is 0 Å². The maximum Gasteiger partial charge on any atom is 1.00 e. The van der Waals surface area contributed by atoms with Crippen molar-refractivity contribution < 1.29 is 25.7 Å². The molecule has 0 aliphatic carbocycles. The summed E-state index contributed by atoms with van der Waals surface area (Å²) in [5.41, 5.74) is -0.0708. The topological polar surface area (TPSA) is 23.8 Å². The molecule has 0 aliphatic heterocycles. The van der Waals surface area contributed by atoms with Crippen LogP contribution < -0.4 is 18.9 Å². The molecule has 0 unspecified atom stereocenters. The molecular weight excluding hydrogens is 117 g/mol. The van der Waals surface area contributed by atoms with E-state index in [0.29, 0.717) is 0 Å². The molecule has 1 aromatic carbocycles. The Balaban J connectivity index is 0.00000196. The molecule has 0 atom stereocenters. The van der Waals surface area contributed by atoms with Crippen molar-refractivity contribution in [1.82, 2.24) is 0 Å². The van der Waals surface area contributed by atoms with E-state index in [1.165, 1.54) is 0 Å². The van der Waals surface area contributed by atoms with Crippen molar-refractivity contribution in [1.29, 1.82) is 5.26 Å². The van der Waals surface area contributed by atoms with E-state index in [4.69, 9.17) is 12.1 Å². The number of hydrogen-bond donors (Lipinski definition) is 0. The van der Waals surface area contributed by atoms with Crippen molar-refractivity contribution >= 4 is 0 Å². The van der Waals surface area contributed by atoms with Crippen molar-refractivity contribution in [3.05, 3.63) is 42.2 Å². The van der Waals surface area contributed by atoms with E-state index in [1.54, 1.807) is 6.07 Å². The first-order valence-corrected chi connectivity index (χ1v) is 2.30. The van der Waals surface area contributed by atoms with Gasteiger partial charge < -0.3 is 0 Å². The average molecular weight is 128 g/mol. The fourth-order valence-electron chi connectivity index (χ4n) is 0.396. The van der Waals surface area contributed by atoms with E-state index in [-0.39, 0.29) is 36.5 Å². The summed E-state index contributed by atoms with van der Waals surface area (Å²) in [6, 6.07) is -0.349. The third-order valence-electron chi connectivity index (χ3n) is 0.728. The molecule has 1 nitrogen and oxygen atoms in total. The van der Waals surface area contributed by atoms with Crippen LogP contribution in [0.1, 0.15) is 12.4 Å². The Morgan fingerprint density at radius 2 is 2.00 bits per heavy atom. The number of nitrogens with zero attached hydrogens (tertiary/aromatic N) is 1. The number of rotatable bonds is 1. The third kappa shape index (κ3) is 2.64. The van der Waals surface area contributed by atoms with Crippen molar-refractivity contribution in [2.45, 2.75) is 0 Å². The Bertz CT molecular complexity index is 397. The van der Waals surface area contributed by atoms with Gasteiger partial charge in [0.05, 0.1) is 1.37 Å². The molecule has 0 spiro atoms. The average Bonchev–Trinajstić information content (AvgIpc) is 2.19. The van der Waals surface area contributed by atoms with Gasteiger partial charge in [-0.2, -0.15) is 17.6 Å². The van der Waals surface area contributed by atoms with Crippen LogP contribution in [0.15, 0.2) is 30.2 Å². The second-order valence-corrected chi connectivity index (χ2v) is 1.31. The molecule has 0 bridgehead atoms. The quantitative estimate of drug-likeness (QED) is 0.343. The molecule has 2 heteroatoms. The molecule has 0 aromatic heterocycles. The van der Waals surface area contributed by atoms with Crippen molar-refractivity contribution in [3.63, 3.8) is 0 Å². The SMILES string of the molecule is [2H]c1c([2H])c([2H])c([CH-]C#N)c([2H])c1[2H].[Li+]. The van der Waals surface area contributed by atoms with Crippen LogP contribution in [-0.4, -0.2) is 0 Å². The maximum absolute atomic E-state index is 8.38. The zero-order chi connectivity index (χ0) is 10.9. The first-order valence-electron chi connectivity index (χ1n) is 4.80. The monoisotopic (exact) mass is 128 g/mol. The van der Waals surface area contributed by atoms with Crippen LogP contribution in [0.25, 0.3) is 0 Å². The molecule has 0 aliphatic rings. The predicted octanol–water partition coefficient (Wildman–Crippen LogP) is -1.23. The fourth-order valence-corrected chi connectivity index (χ4v) is 0.396. The summed E-state index contributed by atoms with van der Waals surface area (Å²) in [7, 11) is 0. The molecule has 0 radical (unpaired) electrons.